The molecule has 0 fully saturated rings. The molecule has 172 valence electrons. The molecule has 2 aromatic rings. The largest absolute Gasteiger partial charge is 0.445 e. The summed E-state index contributed by atoms with van der Waals surface area (Å²) in [5, 5.41) is 2.68. The molecule has 0 aromatic heterocycles. The minimum Gasteiger partial charge on any atom is -0.445 e. The quantitative estimate of drug-likeness (QED) is 0.596. The molecule has 32 heavy (non-hydrogen) atoms. The fraction of sp³-hybridized carbons (Fsp3) is 0.400. The highest BCUT2D eigenvalue weighted by molar-refractivity contribution is 5.99. The van der Waals surface area contributed by atoms with Gasteiger partial charge < -0.3 is 14.8 Å². The summed E-state index contributed by atoms with van der Waals surface area (Å²) >= 11 is 0. The molecule has 0 saturated carbocycles. The lowest BCUT2D eigenvalue weighted by Gasteiger charge is -2.37. The van der Waals surface area contributed by atoms with Crippen molar-refractivity contribution < 1.29 is 23.9 Å². The molecule has 2 amide bonds. The average Bonchev–Trinajstić information content (AvgIpc) is 2.74. The standard InChI is InChI=1S/C25H32N2O5/c1-24(2,3)32-22(29)26-18-25(4,5)27(16-21(28)20-14-10-7-11-15-20)23(30)31-17-19-12-8-6-9-13-19/h6-15H,16-18H2,1-5H3,(H,26,29). The van der Waals surface area contributed by atoms with Crippen LogP contribution in [0.4, 0.5) is 9.59 Å². The van der Waals surface area contributed by atoms with E-state index in [1.54, 1.807) is 58.9 Å². The molecule has 1 N–H and O–H groups in total. The number of nitrogens with zero attached hydrogens (tertiary/aromatic N) is 1. The van der Waals surface area contributed by atoms with Crippen LogP contribution in [0, 0.1) is 0 Å². The maximum atomic E-state index is 13.0. The number of ketones is 1. The molecule has 2 aromatic carbocycles. The minimum atomic E-state index is -0.922. The zero-order valence-electron chi connectivity index (χ0n) is 19.4. The van der Waals surface area contributed by atoms with Crippen molar-refractivity contribution in [2.45, 2.75) is 52.4 Å². The summed E-state index contributed by atoms with van der Waals surface area (Å²) in [4.78, 5) is 39.3. The Labute approximate surface area is 189 Å². The molecular weight excluding hydrogens is 408 g/mol. The van der Waals surface area contributed by atoms with Gasteiger partial charge in [0.2, 0.25) is 0 Å². The highest BCUT2D eigenvalue weighted by Gasteiger charge is 2.35. The van der Waals surface area contributed by atoms with E-state index in [0.717, 1.165) is 5.56 Å². The number of rotatable bonds is 8. The van der Waals surface area contributed by atoms with E-state index in [9.17, 15) is 14.4 Å². The maximum Gasteiger partial charge on any atom is 0.411 e. The van der Waals surface area contributed by atoms with Gasteiger partial charge in [-0.3, -0.25) is 9.69 Å². The first-order chi connectivity index (χ1) is 15.0. The van der Waals surface area contributed by atoms with E-state index in [0.29, 0.717) is 5.56 Å². The van der Waals surface area contributed by atoms with Crippen LogP contribution in [0.25, 0.3) is 0 Å². The molecule has 0 aliphatic carbocycles. The summed E-state index contributed by atoms with van der Waals surface area (Å²) < 4.78 is 10.8. The summed E-state index contributed by atoms with van der Waals surface area (Å²) in [5.74, 6) is -0.229. The van der Waals surface area contributed by atoms with Gasteiger partial charge in [-0.2, -0.15) is 0 Å². The first kappa shape index (κ1) is 24.9. The first-order valence-electron chi connectivity index (χ1n) is 10.5. The van der Waals surface area contributed by atoms with Gasteiger partial charge in [-0.15, -0.1) is 0 Å². The summed E-state index contributed by atoms with van der Waals surface area (Å²) in [6.07, 6.45) is -1.24. The number of carbonyl (C=O) groups excluding carboxylic acids is 3. The van der Waals surface area contributed by atoms with Gasteiger partial charge >= 0.3 is 12.2 Å². The SMILES string of the molecule is CC(C)(C)OC(=O)NCC(C)(C)N(CC(=O)c1ccccc1)C(=O)OCc1ccccc1. The molecule has 0 unspecified atom stereocenters. The minimum absolute atomic E-state index is 0.0738. The highest BCUT2D eigenvalue weighted by Crippen LogP contribution is 2.18. The Morgan fingerprint density at radius 1 is 0.875 bits per heavy atom. The number of Topliss-reactive ketones (excluding diaryl/α,β-unsaturated/α-hetero) is 1. The van der Waals surface area contributed by atoms with E-state index in [1.165, 1.54) is 4.90 Å². The summed E-state index contributed by atoms with van der Waals surface area (Å²) in [6.45, 7) is 8.77. The number of hydrogen-bond acceptors (Lipinski definition) is 5. The molecule has 0 aliphatic heterocycles. The Morgan fingerprint density at radius 3 is 2.00 bits per heavy atom. The second-order valence-electron chi connectivity index (χ2n) is 9.08. The zero-order chi connectivity index (χ0) is 23.8. The first-order valence-corrected chi connectivity index (χ1v) is 10.5. The van der Waals surface area contributed by atoms with Crippen LogP contribution in [0.5, 0.6) is 0 Å². The smallest absolute Gasteiger partial charge is 0.411 e. The van der Waals surface area contributed by atoms with Gasteiger partial charge in [-0.1, -0.05) is 60.7 Å². The van der Waals surface area contributed by atoms with Crippen LogP contribution in [-0.2, 0) is 16.1 Å². The number of amides is 2. The van der Waals surface area contributed by atoms with E-state index >= 15 is 0 Å². The molecule has 0 radical (unpaired) electrons. The number of nitrogens with one attached hydrogen (secondary N) is 1. The second kappa shape index (κ2) is 10.8. The Hall–Kier alpha value is -3.35. The molecule has 0 aliphatic rings. The number of hydrogen-bond donors (Lipinski definition) is 1. The summed E-state index contributed by atoms with van der Waals surface area (Å²) in [6, 6.07) is 18.0. The molecule has 0 heterocycles. The van der Waals surface area contributed by atoms with Crippen molar-refractivity contribution in [3.8, 4) is 0 Å². The number of ether oxygens (including phenoxy) is 2. The molecule has 7 heteroatoms. The van der Waals surface area contributed by atoms with Crippen molar-refractivity contribution in [2.75, 3.05) is 13.1 Å². The third-order valence-electron chi connectivity index (χ3n) is 4.62. The van der Waals surface area contributed by atoms with E-state index in [2.05, 4.69) is 5.32 Å². The van der Waals surface area contributed by atoms with Crippen LogP contribution >= 0.6 is 0 Å². The van der Waals surface area contributed by atoms with E-state index < -0.39 is 23.3 Å². The number of alkyl carbamates (subject to hydrolysis) is 1. The number of benzene rings is 2. The Kier molecular flexibility index (Phi) is 8.41. The summed E-state index contributed by atoms with van der Waals surface area (Å²) in [5.41, 5.74) is -0.245. The lowest BCUT2D eigenvalue weighted by Crippen LogP contribution is -2.56. The third-order valence-corrected chi connectivity index (χ3v) is 4.62. The van der Waals surface area contributed by atoms with Gasteiger partial charge in [-0.25, -0.2) is 9.59 Å². The van der Waals surface area contributed by atoms with Crippen LogP contribution in [0.3, 0.4) is 0 Å². The lowest BCUT2D eigenvalue weighted by atomic mass is 10.0. The van der Waals surface area contributed by atoms with Crippen LogP contribution < -0.4 is 5.32 Å². The Balaban J connectivity index is 2.14. The van der Waals surface area contributed by atoms with Gasteiger partial charge in [0.25, 0.3) is 0 Å². The van der Waals surface area contributed by atoms with Crippen molar-refractivity contribution in [3.05, 3.63) is 71.8 Å². The lowest BCUT2D eigenvalue weighted by molar-refractivity contribution is 0.0395. The topological polar surface area (TPSA) is 84.9 Å². The van der Waals surface area contributed by atoms with Crippen molar-refractivity contribution >= 4 is 18.0 Å². The predicted octanol–water partition coefficient (Wildman–Crippen LogP) is 4.81. The predicted molar refractivity (Wildman–Crippen MR) is 122 cm³/mol. The van der Waals surface area contributed by atoms with E-state index in [-0.39, 0.29) is 25.5 Å². The van der Waals surface area contributed by atoms with Crippen LogP contribution in [0.2, 0.25) is 0 Å². The molecule has 0 saturated heterocycles. The van der Waals surface area contributed by atoms with Gasteiger partial charge in [0, 0.05) is 12.1 Å². The molecule has 7 nitrogen and oxygen atoms in total. The van der Waals surface area contributed by atoms with Crippen molar-refractivity contribution in [1.82, 2.24) is 10.2 Å². The molecular formula is C25H32N2O5. The van der Waals surface area contributed by atoms with Gasteiger partial charge in [0.1, 0.15) is 12.2 Å². The fourth-order valence-electron chi connectivity index (χ4n) is 2.88. The zero-order valence-corrected chi connectivity index (χ0v) is 19.4. The second-order valence-corrected chi connectivity index (χ2v) is 9.08. The van der Waals surface area contributed by atoms with Gasteiger partial charge in [0.05, 0.1) is 12.1 Å². The van der Waals surface area contributed by atoms with Crippen LogP contribution in [0.15, 0.2) is 60.7 Å². The highest BCUT2D eigenvalue weighted by atomic mass is 16.6. The summed E-state index contributed by atoms with van der Waals surface area (Å²) in [7, 11) is 0. The van der Waals surface area contributed by atoms with Crippen LogP contribution in [-0.4, -0.2) is 47.1 Å². The average molecular weight is 441 g/mol. The van der Waals surface area contributed by atoms with Gasteiger partial charge in [0.15, 0.2) is 5.78 Å². The van der Waals surface area contributed by atoms with Crippen molar-refractivity contribution in [3.63, 3.8) is 0 Å². The molecule has 0 atom stereocenters. The van der Waals surface area contributed by atoms with Crippen LogP contribution in [0.1, 0.15) is 50.5 Å². The molecule has 2 rings (SSSR count). The molecule has 0 spiro atoms. The van der Waals surface area contributed by atoms with Crippen molar-refractivity contribution in [2.24, 2.45) is 0 Å². The van der Waals surface area contributed by atoms with Gasteiger partial charge in [-0.05, 0) is 40.2 Å². The molecule has 0 bridgehead atoms. The maximum absolute atomic E-state index is 13.0. The van der Waals surface area contributed by atoms with E-state index in [1.807, 2.05) is 36.4 Å². The van der Waals surface area contributed by atoms with E-state index in [4.69, 9.17) is 9.47 Å². The van der Waals surface area contributed by atoms with Crippen molar-refractivity contribution in [1.29, 1.82) is 0 Å². The fourth-order valence-corrected chi connectivity index (χ4v) is 2.88. The Morgan fingerprint density at radius 2 is 1.44 bits per heavy atom. The third kappa shape index (κ3) is 8.06. The Bertz CT molecular complexity index is 905. The monoisotopic (exact) mass is 440 g/mol. The number of carbonyl (C=O) groups is 3. The normalized spacial score (nSPS) is 11.4.